The lowest BCUT2D eigenvalue weighted by Crippen LogP contribution is -2.24. The number of rotatable bonds is 3. The van der Waals surface area contributed by atoms with E-state index < -0.39 is 23.4 Å². The standard InChI is InChI=1S/C14H11F3N4O/c15-14(16,17)11-9-12(22)21(13(18)20-11)19-8-4-7-10-5-2-1-3-6-10/h1-9H,(H2,18,20)/b7-4+,19-8-. The summed E-state index contributed by atoms with van der Waals surface area (Å²) in [5.41, 5.74) is 3.87. The van der Waals surface area contributed by atoms with Gasteiger partial charge in [-0.2, -0.15) is 22.9 Å². The molecule has 0 aliphatic rings. The largest absolute Gasteiger partial charge is 0.433 e. The maximum atomic E-state index is 12.5. The summed E-state index contributed by atoms with van der Waals surface area (Å²) in [4.78, 5) is 14.7. The first-order valence-corrected chi connectivity index (χ1v) is 6.11. The quantitative estimate of drug-likeness (QED) is 0.885. The molecule has 0 aliphatic heterocycles. The van der Waals surface area contributed by atoms with Crippen LogP contribution in [0.2, 0.25) is 0 Å². The number of hydrogen-bond donors (Lipinski definition) is 1. The molecule has 2 N–H and O–H groups in total. The molecule has 0 spiro atoms. The third-order valence-electron chi connectivity index (χ3n) is 2.57. The van der Waals surface area contributed by atoms with Crippen LogP contribution in [-0.2, 0) is 6.18 Å². The maximum Gasteiger partial charge on any atom is 0.433 e. The van der Waals surface area contributed by atoms with Crippen molar-refractivity contribution in [2.45, 2.75) is 6.18 Å². The number of benzene rings is 1. The Hall–Kier alpha value is -2.90. The lowest BCUT2D eigenvalue weighted by atomic mass is 10.2. The highest BCUT2D eigenvalue weighted by atomic mass is 19.4. The van der Waals surface area contributed by atoms with Crippen molar-refractivity contribution in [3.63, 3.8) is 0 Å². The van der Waals surface area contributed by atoms with Crippen molar-refractivity contribution in [1.29, 1.82) is 0 Å². The number of nitrogens with two attached hydrogens (primary N) is 1. The van der Waals surface area contributed by atoms with E-state index in [1.54, 1.807) is 6.08 Å². The molecule has 1 aromatic heterocycles. The highest BCUT2D eigenvalue weighted by Crippen LogP contribution is 2.26. The van der Waals surface area contributed by atoms with E-state index in [1.165, 1.54) is 12.3 Å². The minimum atomic E-state index is -4.73. The van der Waals surface area contributed by atoms with Gasteiger partial charge in [-0.1, -0.05) is 36.4 Å². The molecule has 2 rings (SSSR count). The zero-order valence-corrected chi connectivity index (χ0v) is 11.2. The van der Waals surface area contributed by atoms with Gasteiger partial charge in [0.05, 0.1) is 0 Å². The Morgan fingerprint density at radius 3 is 2.50 bits per heavy atom. The highest BCUT2D eigenvalue weighted by Gasteiger charge is 2.33. The molecule has 0 saturated heterocycles. The summed E-state index contributed by atoms with van der Waals surface area (Å²) in [6, 6.07) is 9.60. The Bertz CT molecular complexity index is 764. The molecule has 0 radical (unpaired) electrons. The average Bonchev–Trinajstić information content (AvgIpc) is 2.45. The van der Waals surface area contributed by atoms with Gasteiger partial charge >= 0.3 is 6.18 Å². The lowest BCUT2D eigenvalue weighted by molar-refractivity contribution is -0.141. The minimum absolute atomic E-state index is 0.342. The van der Waals surface area contributed by atoms with Gasteiger partial charge in [-0.3, -0.25) is 4.79 Å². The summed E-state index contributed by atoms with van der Waals surface area (Å²) in [6.45, 7) is 0. The summed E-state index contributed by atoms with van der Waals surface area (Å²) in [6.07, 6.45) is -0.260. The molecule has 5 nitrogen and oxygen atoms in total. The third kappa shape index (κ3) is 3.81. The van der Waals surface area contributed by atoms with Gasteiger partial charge in [0, 0.05) is 12.3 Å². The fourth-order valence-corrected chi connectivity index (χ4v) is 1.58. The number of allylic oxidation sites excluding steroid dienone is 1. The van der Waals surface area contributed by atoms with E-state index in [0.29, 0.717) is 10.7 Å². The summed E-state index contributed by atoms with van der Waals surface area (Å²) in [5.74, 6) is -0.635. The third-order valence-corrected chi connectivity index (χ3v) is 2.57. The van der Waals surface area contributed by atoms with E-state index in [9.17, 15) is 18.0 Å². The number of nitrogens with zero attached hydrogens (tertiary/aromatic N) is 3. The van der Waals surface area contributed by atoms with Crippen molar-refractivity contribution in [3.05, 3.63) is 64.1 Å². The first kappa shape index (κ1) is 15.5. The number of anilines is 1. The number of halogens is 3. The van der Waals surface area contributed by atoms with Gasteiger partial charge in [-0.25, -0.2) is 4.98 Å². The highest BCUT2D eigenvalue weighted by molar-refractivity contribution is 5.78. The van der Waals surface area contributed by atoms with Crippen LogP contribution >= 0.6 is 0 Å². The molecule has 0 bridgehead atoms. The summed E-state index contributed by atoms with van der Waals surface area (Å²) < 4.78 is 38.0. The van der Waals surface area contributed by atoms with Crippen molar-refractivity contribution in [3.8, 4) is 0 Å². The molecular weight excluding hydrogens is 297 g/mol. The van der Waals surface area contributed by atoms with E-state index >= 15 is 0 Å². The van der Waals surface area contributed by atoms with Gasteiger partial charge in [0.2, 0.25) is 5.95 Å². The van der Waals surface area contributed by atoms with Crippen LogP contribution in [0.15, 0.2) is 52.4 Å². The zero-order chi connectivity index (χ0) is 16.2. The molecule has 2 aromatic rings. The van der Waals surface area contributed by atoms with E-state index in [1.807, 2.05) is 30.3 Å². The second kappa shape index (κ2) is 6.25. The molecule has 1 heterocycles. The molecule has 22 heavy (non-hydrogen) atoms. The Balaban J connectivity index is 2.22. The lowest BCUT2D eigenvalue weighted by Gasteiger charge is -2.07. The van der Waals surface area contributed by atoms with Crippen molar-refractivity contribution in [1.82, 2.24) is 9.66 Å². The Kier molecular flexibility index (Phi) is 4.40. The molecule has 0 unspecified atom stereocenters. The van der Waals surface area contributed by atoms with Crippen LogP contribution in [0.5, 0.6) is 0 Å². The fraction of sp³-hybridized carbons (Fsp3) is 0.0714. The van der Waals surface area contributed by atoms with Gasteiger partial charge in [0.1, 0.15) is 0 Å². The van der Waals surface area contributed by atoms with Gasteiger partial charge < -0.3 is 5.73 Å². The molecule has 0 aliphatic carbocycles. The average molecular weight is 308 g/mol. The number of aromatic nitrogens is 2. The smallest absolute Gasteiger partial charge is 0.368 e. The molecular formula is C14H11F3N4O. The zero-order valence-electron chi connectivity index (χ0n) is 11.2. The van der Waals surface area contributed by atoms with Crippen LogP contribution in [0.4, 0.5) is 19.1 Å². The second-order valence-electron chi connectivity index (χ2n) is 4.18. The summed E-state index contributed by atoms with van der Waals surface area (Å²) in [7, 11) is 0. The minimum Gasteiger partial charge on any atom is -0.368 e. The van der Waals surface area contributed by atoms with Crippen molar-refractivity contribution in [2.24, 2.45) is 5.10 Å². The molecule has 8 heteroatoms. The monoisotopic (exact) mass is 308 g/mol. The molecule has 0 saturated carbocycles. The Labute approximate surface area is 123 Å². The maximum absolute atomic E-state index is 12.5. The predicted molar refractivity (Wildman–Crippen MR) is 77.3 cm³/mol. The van der Waals surface area contributed by atoms with E-state index in [-0.39, 0.29) is 0 Å². The van der Waals surface area contributed by atoms with Crippen LogP contribution in [0.1, 0.15) is 11.3 Å². The van der Waals surface area contributed by atoms with E-state index in [4.69, 9.17) is 5.73 Å². The van der Waals surface area contributed by atoms with Gasteiger partial charge in [-0.05, 0) is 11.6 Å². The van der Waals surface area contributed by atoms with Crippen molar-refractivity contribution < 1.29 is 13.2 Å². The molecule has 0 amide bonds. The van der Waals surface area contributed by atoms with Crippen LogP contribution in [0.25, 0.3) is 6.08 Å². The van der Waals surface area contributed by atoms with Crippen LogP contribution in [0.3, 0.4) is 0 Å². The summed E-state index contributed by atoms with van der Waals surface area (Å²) >= 11 is 0. The number of alkyl halides is 3. The van der Waals surface area contributed by atoms with E-state index in [0.717, 1.165) is 5.56 Å². The normalized spacial score (nSPS) is 12.3. The Morgan fingerprint density at radius 1 is 1.23 bits per heavy atom. The first-order valence-electron chi connectivity index (χ1n) is 6.11. The van der Waals surface area contributed by atoms with Crippen molar-refractivity contribution in [2.75, 3.05) is 5.73 Å². The fourth-order valence-electron chi connectivity index (χ4n) is 1.58. The molecule has 0 atom stereocenters. The van der Waals surface area contributed by atoms with Gasteiger partial charge in [0.15, 0.2) is 5.69 Å². The number of hydrogen-bond acceptors (Lipinski definition) is 4. The SMILES string of the molecule is Nc1nc(C(F)(F)F)cc(=O)n1/N=C\C=C\c1ccccc1. The number of nitrogen functional groups attached to an aromatic ring is 1. The van der Waals surface area contributed by atoms with Gasteiger partial charge in [0.25, 0.3) is 5.56 Å². The van der Waals surface area contributed by atoms with Crippen molar-refractivity contribution >= 4 is 18.2 Å². The predicted octanol–water partition coefficient (Wildman–Crippen LogP) is 2.39. The Morgan fingerprint density at radius 2 is 1.91 bits per heavy atom. The van der Waals surface area contributed by atoms with Crippen LogP contribution < -0.4 is 11.3 Å². The first-order chi connectivity index (χ1) is 10.4. The second-order valence-corrected chi connectivity index (χ2v) is 4.18. The van der Waals surface area contributed by atoms with Crippen LogP contribution in [0, 0.1) is 0 Å². The molecule has 0 fully saturated rings. The molecule has 114 valence electrons. The molecule has 1 aromatic carbocycles. The van der Waals surface area contributed by atoms with E-state index in [2.05, 4.69) is 10.1 Å². The van der Waals surface area contributed by atoms with Gasteiger partial charge in [-0.15, -0.1) is 0 Å². The topological polar surface area (TPSA) is 73.3 Å². The summed E-state index contributed by atoms with van der Waals surface area (Å²) in [5, 5.41) is 3.68. The van der Waals surface area contributed by atoms with Crippen LogP contribution in [-0.4, -0.2) is 15.9 Å².